The van der Waals surface area contributed by atoms with Gasteiger partial charge in [0.1, 0.15) is 6.04 Å². The minimum Gasteiger partial charge on any atom is -0.326 e. The van der Waals surface area contributed by atoms with Crippen LogP contribution >= 0.6 is 12.4 Å². The van der Waals surface area contributed by atoms with Gasteiger partial charge in [-0.1, -0.05) is 0 Å². The highest BCUT2D eigenvalue weighted by molar-refractivity contribution is 5.85. The summed E-state index contributed by atoms with van der Waals surface area (Å²) in [5, 5.41) is 12.5. The van der Waals surface area contributed by atoms with Crippen LogP contribution in [0.1, 0.15) is 38.5 Å². The Morgan fingerprint density at radius 1 is 1.00 bits per heavy atom. The third-order valence-corrected chi connectivity index (χ3v) is 6.66. The lowest BCUT2D eigenvalue weighted by Gasteiger charge is -2.25. The summed E-state index contributed by atoms with van der Waals surface area (Å²) in [5.41, 5.74) is 0. The van der Waals surface area contributed by atoms with E-state index in [2.05, 4.69) is 11.4 Å². The molecule has 4 fully saturated rings. The molecule has 1 N–H and O–H groups in total. The van der Waals surface area contributed by atoms with Gasteiger partial charge >= 0.3 is 6.03 Å². The second-order valence-electron chi connectivity index (χ2n) is 8.33. The van der Waals surface area contributed by atoms with Gasteiger partial charge < -0.3 is 20.0 Å². The average Bonchev–Trinajstić information content (AvgIpc) is 3.42. The number of halogens is 1. The van der Waals surface area contributed by atoms with E-state index in [-0.39, 0.29) is 30.4 Å². The monoisotopic (exact) mass is 395 g/mol. The van der Waals surface area contributed by atoms with E-state index in [0.717, 1.165) is 64.7 Å². The maximum atomic E-state index is 12.5. The van der Waals surface area contributed by atoms with Gasteiger partial charge in [0.25, 0.3) is 0 Å². The van der Waals surface area contributed by atoms with Crippen molar-refractivity contribution >= 4 is 24.3 Å². The number of carbonyl (C=O) groups excluding carboxylic acids is 2. The first-order chi connectivity index (χ1) is 12.7. The van der Waals surface area contributed by atoms with Crippen molar-refractivity contribution in [3.05, 3.63) is 0 Å². The van der Waals surface area contributed by atoms with Gasteiger partial charge in [-0.25, -0.2) is 4.79 Å². The number of hydrogen-bond acceptors (Lipinski definition) is 4. The summed E-state index contributed by atoms with van der Waals surface area (Å²) >= 11 is 0. The maximum absolute atomic E-state index is 12.5. The normalized spacial score (nSPS) is 32.3. The number of fused-ring (bicyclic) bond motifs is 1. The van der Waals surface area contributed by atoms with E-state index in [0.29, 0.717) is 31.0 Å². The smallest absolute Gasteiger partial charge is 0.320 e. The fourth-order valence-corrected chi connectivity index (χ4v) is 5.26. The summed E-state index contributed by atoms with van der Waals surface area (Å²) in [5.74, 6) is 1.18. The standard InChI is InChI=1S/C19H29N5O2.ClH/c20-10-17-4-3-7-24(17)18(25)11-21-16-8-14-12-23(13-15(14)9-16)19(26)22-5-1-2-6-22;/h14-17,21H,1-9,11-13H2;1H/t14-,15+,16?,17?;. The molecule has 7 nitrogen and oxygen atoms in total. The molecule has 1 aliphatic carbocycles. The molecule has 0 spiro atoms. The SMILES string of the molecule is Cl.N#CC1CCCN1C(=O)CNC1C[C@@H]2CN(C(=O)N3CCCC3)C[C@@H]2C1. The van der Waals surface area contributed by atoms with Crippen molar-refractivity contribution in [3.8, 4) is 6.07 Å². The Hall–Kier alpha value is -1.52. The summed E-state index contributed by atoms with van der Waals surface area (Å²) in [6.07, 6.45) is 6.09. The second kappa shape index (κ2) is 8.66. The van der Waals surface area contributed by atoms with Gasteiger partial charge in [-0.05, 0) is 50.4 Å². The lowest BCUT2D eigenvalue weighted by Crippen LogP contribution is -2.44. The van der Waals surface area contributed by atoms with Gasteiger partial charge in [-0.3, -0.25) is 4.79 Å². The largest absolute Gasteiger partial charge is 0.326 e. The number of amides is 3. The van der Waals surface area contributed by atoms with Crippen LogP contribution in [0.4, 0.5) is 4.79 Å². The first kappa shape index (κ1) is 20.2. The molecule has 4 rings (SSSR count). The van der Waals surface area contributed by atoms with E-state index in [1.54, 1.807) is 4.90 Å². The molecular weight excluding hydrogens is 366 g/mol. The van der Waals surface area contributed by atoms with Crippen LogP contribution in [0.15, 0.2) is 0 Å². The van der Waals surface area contributed by atoms with Crippen molar-refractivity contribution < 1.29 is 9.59 Å². The molecule has 3 saturated heterocycles. The van der Waals surface area contributed by atoms with E-state index in [9.17, 15) is 9.59 Å². The van der Waals surface area contributed by atoms with Crippen molar-refractivity contribution in [1.29, 1.82) is 5.26 Å². The zero-order valence-corrected chi connectivity index (χ0v) is 16.6. The van der Waals surface area contributed by atoms with E-state index in [1.807, 2.05) is 9.80 Å². The van der Waals surface area contributed by atoms with Crippen molar-refractivity contribution in [2.24, 2.45) is 11.8 Å². The van der Waals surface area contributed by atoms with Crippen LogP contribution in [0, 0.1) is 23.2 Å². The molecule has 4 atom stereocenters. The Bertz CT molecular complexity index is 589. The minimum atomic E-state index is -0.239. The first-order valence-corrected chi connectivity index (χ1v) is 10.1. The first-order valence-electron chi connectivity index (χ1n) is 10.1. The van der Waals surface area contributed by atoms with Crippen LogP contribution in [-0.2, 0) is 4.79 Å². The number of rotatable bonds is 3. The average molecular weight is 396 g/mol. The number of nitrogens with one attached hydrogen (secondary N) is 1. The Morgan fingerprint density at radius 2 is 1.67 bits per heavy atom. The molecule has 0 aromatic heterocycles. The molecule has 2 unspecified atom stereocenters. The minimum absolute atomic E-state index is 0. The predicted molar refractivity (Wildman–Crippen MR) is 103 cm³/mol. The molecule has 1 saturated carbocycles. The second-order valence-corrected chi connectivity index (χ2v) is 8.33. The van der Waals surface area contributed by atoms with Gasteiger partial charge in [-0.2, -0.15) is 5.26 Å². The maximum Gasteiger partial charge on any atom is 0.320 e. The number of urea groups is 1. The molecule has 3 heterocycles. The van der Waals surface area contributed by atoms with Gasteiger partial charge in [0, 0.05) is 38.8 Å². The molecule has 8 heteroatoms. The van der Waals surface area contributed by atoms with E-state index >= 15 is 0 Å². The molecule has 0 bridgehead atoms. The van der Waals surface area contributed by atoms with Crippen molar-refractivity contribution in [1.82, 2.24) is 20.0 Å². The summed E-state index contributed by atoms with van der Waals surface area (Å²) < 4.78 is 0. The summed E-state index contributed by atoms with van der Waals surface area (Å²) in [6.45, 7) is 4.61. The number of hydrogen-bond donors (Lipinski definition) is 1. The Kier molecular flexibility index (Phi) is 6.48. The third kappa shape index (κ3) is 4.17. The summed E-state index contributed by atoms with van der Waals surface area (Å²) in [4.78, 5) is 30.7. The van der Waals surface area contributed by atoms with Crippen molar-refractivity contribution in [2.45, 2.75) is 50.6 Å². The van der Waals surface area contributed by atoms with Crippen LogP contribution in [0.2, 0.25) is 0 Å². The van der Waals surface area contributed by atoms with Gasteiger partial charge in [0.2, 0.25) is 5.91 Å². The highest BCUT2D eigenvalue weighted by Crippen LogP contribution is 2.38. The van der Waals surface area contributed by atoms with E-state index in [4.69, 9.17) is 5.26 Å². The number of nitriles is 1. The molecule has 0 aromatic rings. The molecule has 3 aliphatic heterocycles. The quantitative estimate of drug-likeness (QED) is 0.784. The molecule has 27 heavy (non-hydrogen) atoms. The molecule has 0 aromatic carbocycles. The van der Waals surface area contributed by atoms with Crippen LogP contribution < -0.4 is 5.32 Å². The van der Waals surface area contributed by atoms with Crippen LogP contribution in [0.25, 0.3) is 0 Å². The van der Waals surface area contributed by atoms with Gasteiger partial charge in [-0.15, -0.1) is 12.4 Å². The number of carbonyl (C=O) groups is 2. The lowest BCUT2D eigenvalue weighted by atomic mass is 10.0. The fourth-order valence-electron chi connectivity index (χ4n) is 5.26. The van der Waals surface area contributed by atoms with E-state index < -0.39 is 0 Å². The topological polar surface area (TPSA) is 79.7 Å². The number of likely N-dealkylation sites (tertiary alicyclic amines) is 3. The van der Waals surface area contributed by atoms with Crippen LogP contribution in [-0.4, -0.2) is 78.0 Å². The zero-order valence-electron chi connectivity index (χ0n) is 15.8. The molecule has 150 valence electrons. The Morgan fingerprint density at radius 3 is 2.30 bits per heavy atom. The number of nitrogens with zero attached hydrogens (tertiary/aromatic N) is 4. The highest BCUT2D eigenvalue weighted by Gasteiger charge is 2.43. The summed E-state index contributed by atoms with van der Waals surface area (Å²) in [7, 11) is 0. The van der Waals surface area contributed by atoms with Crippen molar-refractivity contribution in [2.75, 3.05) is 39.3 Å². The zero-order chi connectivity index (χ0) is 18.1. The highest BCUT2D eigenvalue weighted by atomic mass is 35.5. The van der Waals surface area contributed by atoms with Crippen LogP contribution in [0.3, 0.4) is 0 Å². The molecule has 0 radical (unpaired) electrons. The molecule has 4 aliphatic rings. The fraction of sp³-hybridized carbons (Fsp3) is 0.842. The molecule has 3 amide bonds. The van der Waals surface area contributed by atoms with Crippen molar-refractivity contribution in [3.63, 3.8) is 0 Å². The molecular formula is C19H30ClN5O2. The van der Waals surface area contributed by atoms with E-state index in [1.165, 1.54) is 0 Å². The van der Waals surface area contributed by atoms with Crippen LogP contribution in [0.5, 0.6) is 0 Å². The van der Waals surface area contributed by atoms with Gasteiger partial charge in [0.05, 0.1) is 12.6 Å². The summed E-state index contributed by atoms with van der Waals surface area (Å²) in [6, 6.07) is 2.58. The Balaban J connectivity index is 0.00000210. The predicted octanol–water partition coefficient (Wildman–Crippen LogP) is 1.44. The lowest BCUT2D eigenvalue weighted by molar-refractivity contribution is -0.130. The van der Waals surface area contributed by atoms with Gasteiger partial charge in [0.15, 0.2) is 0 Å². The Labute approximate surface area is 167 Å². The third-order valence-electron chi connectivity index (χ3n) is 6.66.